The second-order valence-corrected chi connectivity index (χ2v) is 5.58. The monoisotopic (exact) mass is 336 g/mol. The fourth-order valence-corrected chi connectivity index (χ4v) is 2.88. The highest BCUT2D eigenvalue weighted by Crippen LogP contribution is 2.27. The quantitative estimate of drug-likeness (QED) is 0.636. The molecule has 0 spiro atoms. The number of nitro groups is 1. The Hall–Kier alpha value is -2.41. The zero-order chi connectivity index (χ0) is 16.4. The Morgan fingerprint density at radius 2 is 1.87 bits per heavy atom. The smallest absolute Gasteiger partial charge is 0.272 e. The normalized spacial score (nSPS) is 14.9. The van der Waals surface area contributed by atoms with Crippen LogP contribution in [-0.2, 0) is 0 Å². The summed E-state index contributed by atoms with van der Waals surface area (Å²) in [6, 6.07) is 7.29. The van der Waals surface area contributed by atoms with Crippen LogP contribution in [0.1, 0.15) is 0 Å². The lowest BCUT2D eigenvalue weighted by Gasteiger charge is -2.37. The summed E-state index contributed by atoms with van der Waals surface area (Å²) in [6.45, 7) is 2.46. The van der Waals surface area contributed by atoms with Crippen molar-refractivity contribution in [2.75, 3.05) is 36.0 Å². The first-order valence-corrected chi connectivity index (χ1v) is 7.48. The Bertz CT molecular complexity index is 735. The second-order valence-electron chi connectivity index (χ2n) is 5.18. The number of non-ortho nitro benzene ring substituents is 1. The Morgan fingerprint density at radius 3 is 2.48 bits per heavy atom. The predicted molar refractivity (Wildman–Crippen MR) is 86.7 cm³/mol. The second kappa shape index (κ2) is 6.37. The van der Waals surface area contributed by atoms with Crippen molar-refractivity contribution in [3.05, 3.63) is 57.5 Å². The zero-order valence-corrected chi connectivity index (χ0v) is 12.9. The zero-order valence-electron chi connectivity index (χ0n) is 12.2. The standard InChI is InChI=1S/C15H14ClFN4O2/c16-12-2-1-5-18-15(12)20-8-6-19(7-9-20)14-4-3-11(21(22)23)10-13(14)17/h1-5,10H,6-9H2. The number of halogens is 2. The van der Waals surface area contributed by atoms with Gasteiger partial charge in [-0.2, -0.15) is 0 Å². The van der Waals surface area contributed by atoms with Crippen LogP contribution in [0.4, 0.5) is 21.6 Å². The van der Waals surface area contributed by atoms with Gasteiger partial charge in [0, 0.05) is 38.4 Å². The van der Waals surface area contributed by atoms with Gasteiger partial charge in [0.05, 0.1) is 21.7 Å². The average Bonchev–Trinajstić information content (AvgIpc) is 2.55. The van der Waals surface area contributed by atoms with E-state index >= 15 is 0 Å². The van der Waals surface area contributed by atoms with Crippen LogP contribution >= 0.6 is 11.6 Å². The number of benzene rings is 1. The van der Waals surface area contributed by atoms with Crippen LogP contribution in [0.25, 0.3) is 0 Å². The molecule has 0 saturated carbocycles. The summed E-state index contributed by atoms with van der Waals surface area (Å²) in [4.78, 5) is 18.3. The molecule has 0 radical (unpaired) electrons. The number of aromatic nitrogens is 1. The Kier molecular flexibility index (Phi) is 4.29. The molecular formula is C15H14ClFN4O2. The van der Waals surface area contributed by atoms with E-state index in [4.69, 9.17) is 11.6 Å². The van der Waals surface area contributed by atoms with Gasteiger partial charge in [-0.1, -0.05) is 11.6 Å². The van der Waals surface area contributed by atoms with Crippen molar-refractivity contribution < 1.29 is 9.31 Å². The largest absolute Gasteiger partial charge is 0.366 e. The summed E-state index contributed by atoms with van der Waals surface area (Å²) in [5, 5.41) is 11.3. The molecule has 120 valence electrons. The van der Waals surface area contributed by atoms with E-state index in [2.05, 4.69) is 4.98 Å². The van der Waals surface area contributed by atoms with Crippen LogP contribution < -0.4 is 9.80 Å². The van der Waals surface area contributed by atoms with Crippen molar-refractivity contribution in [1.29, 1.82) is 0 Å². The molecule has 1 aliphatic heterocycles. The average molecular weight is 337 g/mol. The van der Waals surface area contributed by atoms with Gasteiger partial charge in [0.2, 0.25) is 0 Å². The molecule has 2 aromatic rings. The van der Waals surface area contributed by atoms with Gasteiger partial charge in [-0.3, -0.25) is 10.1 Å². The molecule has 3 rings (SSSR count). The van der Waals surface area contributed by atoms with Crippen LogP contribution in [0, 0.1) is 15.9 Å². The van der Waals surface area contributed by atoms with Gasteiger partial charge < -0.3 is 9.80 Å². The Morgan fingerprint density at radius 1 is 1.17 bits per heavy atom. The minimum absolute atomic E-state index is 0.245. The summed E-state index contributed by atoms with van der Waals surface area (Å²) in [6.07, 6.45) is 1.68. The molecule has 0 bridgehead atoms. The molecule has 1 aliphatic rings. The summed E-state index contributed by atoms with van der Waals surface area (Å²) in [5.74, 6) is 0.140. The van der Waals surface area contributed by atoms with E-state index in [0.29, 0.717) is 36.9 Å². The molecule has 0 atom stereocenters. The van der Waals surface area contributed by atoms with E-state index in [-0.39, 0.29) is 5.69 Å². The molecule has 2 heterocycles. The maximum absolute atomic E-state index is 14.1. The number of pyridine rings is 1. The number of anilines is 2. The third kappa shape index (κ3) is 3.19. The van der Waals surface area contributed by atoms with Crippen LogP contribution in [0.15, 0.2) is 36.5 Å². The lowest BCUT2D eigenvalue weighted by atomic mass is 10.2. The van der Waals surface area contributed by atoms with Crippen molar-refractivity contribution in [1.82, 2.24) is 4.98 Å². The minimum Gasteiger partial charge on any atom is -0.366 e. The van der Waals surface area contributed by atoms with Crippen LogP contribution in [0.3, 0.4) is 0 Å². The molecule has 23 heavy (non-hydrogen) atoms. The van der Waals surface area contributed by atoms with Gasteiger partial charge in [-0.25, -0.2) is 9.37 Å². The summed E-state index contributed by atoms with van der Waals surface area (Å²) < 4.78 is 14.1. The van der Waals surface area contributed by atoms with Crippen molar-refractivity contribution in [3.8, 4) is 0 Å². The number of nitrogens with zero attached hydrogens (tertiary/aromatic N) is 4. The van der Waals surface area contributed by atoms with E-state index in [1.165, 1.54) is 12.1 Å². The van der Waals surface area contributed by atoms with E-state index in [9.17, 15) is 14.5 Å². The molecule has 0 N–H and O–H groups in total. The van der Waals surface area contributed by atoms with Crippen LogP contribution in [0.2, 0.25) is 5.02 Å². The van der Waals surface area contributed by atoms with Gasteiger partial charge in [0.15, 0.2) is 5.82 Å². The molecule has 1 fully saturated rings. The number of nitro benzene ring substituents is 1. The lowest BCUT2D eigenvalue weighted by Crippen LogP contribution is -2.47. The Labute approximate surface area is 137 Å². The molecule has 1 aromatic carbocycles. The topological polar surface area (TPSA) is 62.5 Å². The van der Waals surface area contributed by atoms with E-state index in [0.717, 1.165) is 11.9 Å². The number of hydrogen-bond donors (Lipinski definition) is 0. The maximum Gasteiger partial charge on any atom is 0.272 e. The maximum atomic E-state index is 14.1. The molecular weight excluding hydrogens is 323 g/mol. The summed E-state index contributed by atoms with van der Waals surface area (Å²) in [5.41, 5.74) is 0.132. The van der Waals surface area contributed by atoms with Crippen molar-refractivity contribution in [2.45, 2.75) is 0 Å². The van der Waals surface area contributed by atoms with Crippen molar-refractivity contribution >= 4 is 28.8 Å². The fraction of sp³-hybridized carbons (Fsp3) is 0.267. The van der Waals surface area contributed by atoms with Gasteiger partial charge >= 0.3 is 0 Å². The van der Waals surface area contributed by atoms with Crippen molar-refractivity contribution in [3.63, 3.8) is 0 Å². The number of rotatable bonds is 3. The van der Waals surface area contributed by atoms with E-state index in [1.54, 1.807) is 18.3 Å². The van der Waals surface area contributed by atoms with Gasteiger partial charge in [0.1, 0.15) is 5.82 Å². The van der Waals surface area contributed by atoms with Crippen LogP contribution in [0.5, 0.6) is 0 Å². The van der Waals surface area contributed by atoms with Crippen LogP contribution in [-0.4, -0.2) is 36.1 Å². The van der Waals surface area contributed by atoms with E-state index < -0.39 is 10.7 Å². The van der Waals surface area contributed by atoms with Crippen molar-refractivity contribution in [2.24, 2.45) is 0 Å². The molecule has 6 nitrogen and oxygen atoms in total. The molecule has 8 heteroatoms. The van der Waals surface area contributed by atoms with Gasteiger partial charge in [0.25, 0.3) is 5.69 Å². The molecule has 1 aromatic heterocycles. The molecule has 1 saturated heterocycles. The molecule has 0 aliphatic carbocycles. The third-order valence-corrected chi connectivity index (χ3v) is 4.10. The summed E-state index contributed by atoms with van der Waals surface area (Å²) in [7, 11) is 0. The minimum atomic E-state index is -0.603. The molecule has 0 amide bonds. The first kappa shape index (κ1) is 15.5. The highest BCUT2D eigenvalue weighted by molar-refractivity contribution is 6.32. The third-order valence-electron chi connectivity index (χ3n) is 3.80. The molecule has 0 unspecified atom stereocenters. The highest BCUT2D eigenvalue weighted by atomic mass is 35.5. The Balaban J connectivity index is 1.72. The highest BCUT2D eigenvalue weighted by Gasteiger charge is 2.22. The lowest BCUT2D eigenvalue weighted by molar-refractivity contribution is -0.385. The summed E-state index contributed by atoms with van der Waals surface area (Å²) >= 11 is 6.14. The van der Waals surface area contributed by atoms with E-state index in [1.807, 2.05) is 9.80 Å². The SMILES string of the molecule is O=[N+]([O-])c1ccc(N2CCN(c3ncccc3Cl)CC2)c(F)c1. The van der Waals surface area contributed by atoms with Gasteiger partial charge in [-0.15, -0.1) is 0 Å². The number of hydrogen-bond acceptors (Lipinski definition) is 5. The van der Waals surface area contributed by atoms with Gasteiger partial charge in [-0.05, 0) is 18.2 Å². The first-order valence-electron chi connectivity index (χ1n) is 7.10. The predicted octanol–water partition coefficient (Wildman–Crippen LogP) is 3.11. The fourth-order valence-electron chi connectivity index (χ4n) is 2.64. The first-order chi connectivity index (χ1) is 11.1. The number of piperazine rings is 1.